The Morgan fingerprint density at radius 1 is 1.53 bits per heavy atom. The lowest BCUT2D eigenvalue weighted by molar-refractivity contribution is -0.120. The minimum atomic E-state index is 0.299. The molecule has 3 rings (SSSR count). The molecule has 0 radical (unpaired) electrons. The van der Waals surface area contributed by atoms with E-state index in [1.165, 1.54) is 0 Å². The maximum absolute atomic E-state index is 12.0. The highest BCUT2D eigenvalue weighted by Gasteiger charge is 2.57. The number of rotatable bonds is 3. The Hall–Kier alpha value is -0.190. The van der Waals surface area contributed by atoms with E-state index in [0.29, 0.717) is 30.0 Å². The fraction of sp³-hybridized carbons (Fsp3) is 0.545. The Labute approximate surface area is 101 Å². The largest absolute Gasteiger partial charge is 0.381 e. The Morgan fingerprint density at radius 2 is 2.27 bits per heavy atom. The van der Waals surface area contributed by atoms with Crippen molar-refractivity contribution in [2.45, 2.75) is 6.42 Å². The molecule has 0 spiro atoms. The number of ketones is 1. The maximum atomic E-state index is 12.0. The fourth-order valence-corrected chi connectivity index (χ4v) is 3.95. The number of halogens is 1. The fourth-order valence-electron chi connectivity index (χ4n) is 2.44. The second-order valence-corrected chi connectivity index (χ2v) is 6.08. The van der Waals surface area contributed by atoms with Crippen molar-refractivity contribution in [3.8, 4) is 0 Å². The number of hydrogen-bond donors (Lipinski definition) is 0. The molecular weight excluding hydrogens is 276 g/mol. The molecule has 2 unspecified atom stereocenters. The number of carbonyl (C=O) groups excluding carboxylic acids is 1. The van der Waals surface area contributed by atoms with E-state index in [9.17, 15) is 4.79 Å². The highest BCUT2D eigenvalue weighted by atomic mass is 79.9. The third kappa shape index (κ3) is 1.69. The summed E-state index contributed by atoms with van der Waals surface area (Å²) < 4.78 is 6.36. The molecule has 1 aromatic rings. The van der Waals surface area contributed by atoms with Gasteiger partial charge >= 0.3 is 0 Å². The zero-order valence-corrected chi connectivity index (χ0v) is 10.5. The van der Waals surface area contributed by atoms with Gasteiger partial charge < -0.3 is 4.74 Å². The number of Topliss-reactive ketones (excluding diaryl/α,β-unsaturated/α-hetero) is 1. The number of thiophene rings is 1. The van der Waals surface area contributed by atoms with E-state index >= 15 is 0 Å². The molecule has 4 heteroatoms. The van der Waals surface area contributed by atoms with E-state index < -0.39 is 0 Å². The van der Waals surface area contributed by atoms with Crippen molar-refractivity contribution in [3.05, 3.63) is 20.8 Å². The van der Waals surface area contributed by atoms with E-state index in [4.69, 9.17) is 4.74 Å². The molecule has 80 valence electrons. The summed E-state index contributed by atoms with van der Waals surface area (Å²) in [6.07, 6.45) is 0.593. The molecule has 0 N–H and O–H groups in total. The molecule has 2 atom stereocenters. The van der Waals surface area contributed by atoms with Gasteiger partial charge in [-0.05, 0) is 39.2 Å². The summed E-state index contributed by atoms with van der Waals surface area (Å²) in [4.78, 5) is 13.1. The van der Waals surface area contributed by atoms with Crippen LogP contribution in [0.5, 0.6) is 0 Å². The molecule has 1 aliphatic heterocycles. The molecular formula is C11H11BrO2S. The van der Waals surface area contributed by atoms with Crippen LogP contribution in [0.2, 0.25) is 0 Å². The average Bonchev–Trinajstić information content (AvgIpc) is 2.60. The minimum Gasteiger partial charge on any atom is -0.381 e. The van der Waals surface area contributed by atoms with E-state index in [1.54, 1.807) is 11.3 Å². The zero-order chi connectivity index (χ0) is 10.4. The van der Waals surface area contributed by atoms with Gasteiger partial charge in [-0.3, -0.25) is 4.79 Å². The lowest BCUT2D eigenvalue weighted by Gasteiger charge is -2.02. The van der Waals surface area contributed by atoms with Gasteiger partial charge in [-0.1, -0.05) is 0 Å². The summed E-state index contributed by atoms with van der Waals surface area (Å²) in [7, 11) is 0. The van der Waals surface area contributed by atoms with Crippen LogP contribution in [0.3, 0.4) is 0 Å². The van der Waals surface area contributed by atoms with Gasteiger partial charge in [0, 0.05) is 21.7 Å². The van der Waals surface area contributed by atoms with Gasteiger partial charge in [0.15, 0.2) is 0 Å². The van der Waals surface area contributed by atoms with Crippen molar-refractivity contribution < 1.29 is 9.53 Å². The van der Waals surface area contributed by atoms with E-state index in [2.05, 4.69) is 15.9 Å². The van der Waals surface area contributed by atoms with Gasteiger partial charge in [-0.2, -0.15) is 0 Å². The SMILES string of the molecule is O=C(Cc1sccc1Br)C1C2COCC21. The van der Waals surface area contributed by atoms with Gasteiger partial charge in [0.2, 0.25) is 0 Å². The van der Waals surface area contributed by atoms with Crippen LogP contribution in [0.4, 0.5) is 0 Å². The Bertz CT molecular complexity index is 391. The molecule has 2 fully saturated rings. The van der Waals surface area contributed by atoms with Crippen LogP contribution in [0.1, 0.15) is 4.88 Å². The zero-order valence-electron chi connectivity index (χ0n) is 8.11. The lowest BCUT2D eigenvalue weighted by atomic mass is 10.1. The minimum absolute atomic E-state index is 0.299. The van der Waals surface area contributed by atoms with E-state index in [1.807, 2.05) is 11.4 Å². The monoisotopic (exact) mass is 286 g/mol. The molecule has 1 aliphatic carbocycles. The quantitative estimate of drug-likeness (QED) is 0.854. The first-order valence-corrected chi connectivity index (χ1v) is 6.77. The Morgan fingerprint density at radius 3 is 2.87 bits per heavy atom. The van der Waals surface area contributed by atoms with Gasteiger partial charge in [0.1, 0.15) is 5.78 Å². The number of fused-ring (bicyclic) bond motifs is 1. The first kappa shape index (κ1) is 10.00. The topological polar surface area (TPSA) is 26.3 Å². The third-order valence-electron chi connectivity index (χ3n) is 3.35. The standard InChI is InChI=1S/C11H11BrO2S/c12-8-1-2-15-10(8)3-9(13)11-6-4-14-5-7(6)11/h1-2,6-7,11H,3-5H2. The van der Waals surface area contributed by atoms with Gasteiger partial charge in [-0.25, -0.2) is 0 Å². The van der Waals surface area contributed by atoms with Crippen LogP contribution in [0.25, 0.3) is 0 Å². The third-order valence-corrected chi connectivity index (χ3v) is 5.28. The van der Waals surface area contributed by atoms with Crippen LogP contribution in [-0.4, -0.2) is 19.0 Å². The van der Waals surface area contributed by atoms with E-state index in [-0.39, 0.29) is 0 Å². The summed E-state index contributed by atoms with van der Waals surface area (Å²) in [5.41, 5.74) is 0. The van der Waals surface area contributed by atoms with Crippen LogP contribution < -0.4 is 0 Å². The van der Waals surface area contributed by atoms with E-state index in [0.717, 1.165) is 22.6 Å². The molecule has 1 saturated carbocycles. The normalized spacial score (nSPS) is 32.7. The molecule has 2 nitrogen and oxygen atoms in total. The van der Waals surface area contributed by atoms with Crippen LogP contribution in [-0.2, 0) is 16.0 Å². The van der Waals surface area contributed by atoms with Gasteiger partial charge in [0.05, 0.1) is 13.2 Å². The summed E-state index contributed by atoms with van der Waals surface area (Å²) in [5, 5.41) is 2.02. The average molecular weight is 287 g/mol. The van der Waals surface area contributed by atoms with Crippen molar-refractivity contribution in [2.75, 3.05) is 13.2 Å². The molecule has 15 heavy (non-hydrogen) atoms. The molecule has 0 amide bonds. The highest BCUT2D eigenvalue weighted by Crippen LogP contribution is 2.51. The highest BCUT2D eigenvalue weighted by molar-refractivity contribution is 9.10. The summed E-state index contributed by atoms with van der Waals surface area (Å²) >= 11 is 5.11. The van der Waals surface area contributed by atoms with Crippen molar-refractivity contribution >= 4 is 33.0 Å². The Kier molecular flexibility index (Phi) is 2.45. The molecule has 1 saturated heterocycles. The molecule has 1 aromatic heterocycles. The predicted molar refractivity (Wildman–Crippen MR) is 62.0 cm³/mol. The van der Waals surface area contributed by atoms with Crippen molar-refractivity contribution in [2.24, 2.45) is 17.8 Å². The maximum Gasteiger partial charge on any atom is 0.141 e. The number of hydrogen-bond acceptors (Lipinski definition) is 3. The Balaban J connectivity index is 1.65. The second-order valence-electron chi connectivity index (χ2n) is 4.23. The van der Waals surface area contributed by atoms with Gasteiger partial charge in [-0.15, -0.1) is 11.3 Å². The van der Waals surface area contributed by atoms with Crippen molar-refractivity contribution in [1.29, 1.82) is 0 Å². The summed E-state index contributed by atoms with van der Waals surface area (Å²) in [5.74, 6) is 1.77. The second kappa shape index (κ2) is 3.68. The van der Waals surface area contributed by atoms with Gasteiger partial charge in [0.25, 0.3) is 0 Å². The van der Waals surface area contributed by atoms with Crippen LogP contribution in [0, 0.1) is 17.8 Å². The molecule has 0 bridgehead atoms. The number of ether oxygens (including phenoxy) is 1. The first-order valence-electron chi connectivity index (χ1n) is 5.09. The first-order chi connectivity index (χ1) is 7.27. The predicted octanol–water partition coefficient (Wildman–Crippen LogP) is 2.51. The van der Waals surface area contributed by atoms with Crippen molar-refractivity contribution in [1.82, 2.24) is 0 Å². The lowest BCUT2D eigenvalue weighted by Crippen LogP contribution is -2.11. The summed E-state index contributed by atoms with van der Waals surface area (Å²) in [6, 6.07) is 2.00. The van der Waals surface area contributed by atoms with Crippen LogP contribution >= 0.6 is 27.3 Å². The molecule has 0 aromatic carbocycles. The molecule has 2 aliphatic rings. The number of carbonyl (C=O) groups is 1. The molecule has 2 heterocycles. The smallest absolute Gasteiger partial charge is 0.141 e. The van der Waals surface area contributed by atoms with Crippen LogP contribution in [0.15, 0.2) is 15.9 Å². The summed E-state index contributed by atoms with van der Waals surface area (Å²) in [6.45, 7) is 1.60. The van der Waals surface area contributed by atoms with Crippen molar-refractivity contribution in [3.63, 3.8) is 0 Å².